The lowest BCUT2D eigenvalue weighted by molar-refractivity contribution is 0.0940. The van der Waals surface area contributed by atoms with Crippen molar-refractivity contribution in [1.82, 2.24) is 9.88 Å². The van der Waals surface area contributed by atoms with Gasteiger partial charge in [0.2, 0.25) is 0 Å². The first-order chi connectivity index (χ1) is 9.59. The predicted molar refractivity (Wildman–Crippen MR) is 78.5 cm³/mol. The van der Waals surface area contributed by atoms with Crippen LogP contribution in [0, 0.1) is 6.92 Å². The van der Waals surface area contributed by atoms with Gasteiger partial charge in [-0.25, -0.2) is 0 Å². The molecule has 2 N–H and O–H groups in total. The molecular formula is C16H20N2O2. The molecule has 2 aromatic rings. The molecule has 1 aromatic heterocycles. The molecule has 1 atom stereocenters. The molecular weight excluding hydrogens is 252 g/mol. The Morgan fingerprint density at radius 2 is 2.05 bits per heavy atom. The van der Waals surface area contributed by atoms with Crippen LogP contribution in [0.4, 0.5) is 0 Å². The van der Waals surface area contributed by atoms with E-state index in [-0.39, 0.29) is 5.91 Å². The zero-order valence-corrected chi connectivity index (χ0v) is 11.8. The third-order valence-electron chi connectivity index (χ3n) is 3.42. The maximum absolute atomic E-state index is 12.0. The van der Waals surface area contributed by atoms with Gasteiger partial charge in [0.25, 0.3) is 5.91 Å². The average Bonchev–Trinajstić information content (AvgIpc) is 2.85. The molecule has 4 nitrogen and oxygen atoms in total. The molecule has 1 heterocycles. The number of aryl methyl sites for hydroxylation is 2. The smallest absolute Gasteiger partial charge is 0.251 e. The number of hydrogen-bond donors (Lipinski definition) is 2. The molecule has 2 rings (SSSR count). The standard InChI is InChI=1S/C16H20N2O2/c1-12-6-3-4-7-13(12)16(20)17-10-9-15(19)14-8-5-11-18(14)2/h3-8,11,15,19H,9-10H2,1-2H3,(H,17,20)/t15-/m0/s1. The van der Waals surface area contributed by atoms with Crippen molar-refractivity contribution in [2.75, 3.05) is 6.54 Å². The summed E-state index contributed by atoms with van der Waals surface area (Å²) in [6.45, 7) is 2.35. The highest BCUT2D eigenvalue weighted by atomic mass is 16.3. The van der Waals surface area contributed by atoms with Crippen LogP contribution in [-0.4, -0.2) is 22.1 Å². The Bertz CT molecular complexity index is 590. The second-order valence-corrected chi connectivity index (χ2v) is 4.92. The molecule has 0 radical (unpaired) electrons. The summed E-state index contributed by atoms with van der Waals surface area (Å²) in [5, 5.41) is 12.9. The Hall–Kier alpha value is -2.07. The van der Waals surface area contributed by atoms with E-state index in [4.69, 9.17) is 0 Å². The Labute approximate surface area is 119 Å². The van der Waals surface area contributed by atoms with Crippen LogP contribution < -0.4 is 5.32 Å². The third kappa shape index (κ3) is 3.27. The van der Waals surface area contributed by atoms with Crippen LogP contribution in [0.25, 0.3) is 0 Å². The van der Waals surface area contributed by atoms with Crippen molar-refractivity contribution in [2.24, 2.45) is 7.05 Å². The zero-order valence-electron chi connectivity index (χ0n) is 11.8. The van der Waals surface area contributed by atoms with Gasteiger partial charge in [-0.15, -0.1) is 0 Å². The van der Waals surface area contributed by atoms with Gasteiger partial charge in [0.1, 0.15) is 0 Å². The summed E-state index contributed by atoms with van der Waals surface area (Å²) in [6, 6.07) is 11.2. The Morgan fingerprint density at radius 1 is 1.30 bits per heavy atom. The molecule has 106 valence electrons. The zero-order chi connectivity index (χ0) is 14.5. The van der Waals surface area contributed by atoms with Crippen LogP contribution in [0.2, 0.25) is 0 Å². The molecule has 0 saturated carbocycles. The van der Waals surface area contributed by atoms with E-state index in [0.29, 0.717) is 18.5 Å². The largest absolute Gasteiger partial charge is 0.387 e. The van der Waals surface area contributed by atoms with Gasteiger partial charge >= 0.3 is 0 Å². The number of aliphatic hydroxyl groups is 1. The third-order valence-corrected chi connectivity index (χ3v) is 3.42. The van der Waals surface area contributed by atoms with Crippen molar-refractivity contribution in [1.29, 1.82) is 0 Å². The van der Waals surface area contributed by atoms with Crippen LogP contribution >= 0.6 is 0 Å². The summed E-state index contributed by atoms with van der Waals surface area (Å²) in [7, 11) is 1.89. The minimum Gasteiger partial charge on any atom is -0.387 e. The molecule has 0 fully saturated rings. The Balaban J connectivity index is 1.86. The number of amides is 1. The van der Waals surface area contributed by atoms with Crippen molar-refractivity contribution >= 4 is 5.91 Å². The monoisotopic (exact) mass is 272 g/mol. The first-order valence-corrected chi connectivity index (χ1v) is 6.72. The van der Waals surface area contributed by atoms with Gasteiger partial charge in [-0.2, -0.15) is 0 Å². The van der Waals surface area contributed by atoms with Gasteiger partial charge in [-0.3, -0.25) is 4.79 Å². The summed E-state index contributed by atoms with van der Waals surface area (Å²) in [5.74, 6) is -0.0952. The lowest BCUT2D eigenvalue weighted by Gasteiger charge is -2.13. The quantitative estimate of drug-likeness (QED) is 0.876. The summed E-state index contributed by atoms with van der Waals surface area (Å²) < 4.78 is 1.88. The Kier molecular flexibility index (Phi) is 4.58. The maximum Gasteiger partial charge on any atom is 0.251 e. The topological polar surface area (TPSA) is 54.3 Å². The highest BCUT2D eigenvalue weighted by Gasteiger charge is 2.12. The molecule has 20 heavy (non-hydrogen) atoms. The summed E-state index contributed by atoms with van der Waals surface area (Å²) in [4.78, 5) is 12.0. The number of nitrogens with one attached hydrogen (secondary N) is 1. The predicted octanol–water partition coefficient (Wildman–Crippen LogP) is 2.19. The number of benzene rings is 1. The lowest BCUT2D eigenvalue weighted by atomic mass is 10.1. The first kappa shape index (κ1) is 14.3. The second-order valence-electron chi connectivity index (χ2n) is 4.92. The fourth-order valence-electron chi connectivity index (χ4n) is 2.21. The number of aliphatic hydroxyl groups excluding tert-OH is 1. The molecule has 0 saturated heterocycles. The van der Waals surface area contributed by atoms with Crippen LogP contribution in [0.1, 0.15) is 34.1 Å². The van der Waals surface area contributed by atoms with Crippen molar-refractivity contribution in [3.05, 3.63) is 59.4 Å². The van der Waals surface area contributed by atoms with Crippen molar-refractivity contribution in [3.63, 3.8) is 0 Å². The van der Waals surface area contributed by atoms with Crippen LogP contribution in [0.3, 0.4) is 0 Å². The van der Waals surface area contributed by atoms with Gasteiger partial charge in [-0.1, -0.05) is 18.2 Å². The SMILES string of the molecule is Cc1ccccc1C(=O)NCC[C@H](O)c1cccn1C. The highest BCUT2D eigenvalue weighted by molar-refractivity contribution is 5.95. The fourth-order valence-corrected chi connectivity index (χ4v) is 2.21. The molecule has 1 amide bonds. The molecule has 0 aliphatic rings. The van der Waals surface area contributed by atoms with Crippen molar-refractivity contribution < 1.29 is 9.90 Å². The number of rotatable bonds is 5. The van der Waals surface area contributed by atoms with Gasteiger partial charge in [-0.05, 0) is 37.1 Å². The Morgan fingerprint density at radius 3 is 2.70 bits per heavy atom. The molecule has 4 heteroatoms. The average molecular weight is 272 g/mol. The van der Waals surface area contributed by atoms with Gasteiger partial charge in [0.05, 0.1) is 6.10 Å². The van der Waals surface area contributed by atoms with Crippen LogP contribution in [0.15, 0.2) is 42.6 Å². The van der Waals surface area contributed by atoms with Gasteiger partial charge < -0.3 is 15.0 Å². The number of hydrogen-bond acceptors (Lipinski definition) is 2. The minimum absolute atomic E-state index is 0.0952. The first-order valence-electron chi connectivity index (χ1n) is 6.72. The molecule has 0 aliphatic carbocycles. The number of aromatic nitrogens is 1. The normalized spacial score (nSPS) is 12.2. The van der Waals surface area contributed by atoms with Gasteiger partial charge in [0.15, 0.2) is 0 Å². The van der Waals surface area contributed by atoms with E-state index in [2.05, 4.69) is 5.32 Å². The fraction of sp³-hybridized carbons (Fsp3) is 0.312. The van der Waals surface area contributed by atoms with E-state index >= 15 is 0 Å². The van der Waals surface area contributed by atoms with Crippen molar-refractivity contribution in [3.8, 4) is 0 Å². The van der Waals surface area contributed by atoms with E-state index < -0.39 is 6.10 Å². The van der Waals surface area contributed by atoms with E-state index in [9.17, 15) is 9.90 Å². The number of carbonyl (C=O) groups excluding carboxylic acids is 1. The number of carbonyl (C=O) groups is 1. The lowest BCUT2D eigenvalue weighted by Crippen LogP contribution is -2.26. The summed E-state index contributed by atoms with van der Waals surface area (Å²) in [5.41, 5.74) is 2.49. The molecule has 1 aromatic carbocycles. The summed E-state index contributed by atoms with van der Waals surface area (Å²) in [6.07, 6.45) is 1.83. The maximum atomic E-state index is 12.0. The molecule has 0 bridgehead atoms. The van der Waals surface area contributed by atoms with Gasteiger partial charge in [0, 0.05) is 31.0 Å². The van der Waals surface area contributed by atoms with Crippen LogP contribution in [-0.2, 0) is 7.05 Å². The van der Waals surface area contributed by atoms with Crippen LogP contribution in [0.5, 0.6) is 0 Å². The van der Waals surface area contributed by atoms with Crippen molar-refractivity contribution in [2.45, 2.75) is 19.4 Å². The number of nitrogens with zero attached hydrogens (tertiary/aromatic N) is 1. The van der Waals surface area contributed by atoms with E-state index in [1.54, 1.807) is 6.07 Å². The molecule has 0 unspecified atom stereocenters. The molecule has 0 aliphatic heterocycles. The van der Waals surface area contributed by atoms with E-state index in [1.165, 1.54) is 0 Å². The van der Waals surface area contributed by atoms with E-state index in [0.717, 1.165) is 11.3 Å². The second kappa shape index (κ2) is 6.39. The summed E-state index contributed by atoms with van der Waals surface area (Å²) >= 11 is 0. The highest BCUT2D eigenvalue weighted by Crippen LogP contribution is 2.15. The minimum atomic E-state index is -0.563. The van der Waals surface area contributed by atoms with E-state index in [1.807, 2.05) is 55.1 Å². The molecule has 0 spiro atoms.